The van der Waals surface area contributed by atoms with E-state index in [9.17, 15) is 14.7 Å². The van der Waals surface area contributed by atoms with Gasteiger partial charge in [0.25, 0.3) is 0 Å². The van der Waals surface area contributed by atoms with Crippen molar-refractivity contribution in [3.8, 4) is 5.75 Å². The summed E-state index contributed by atoms with van der Waals surface area (Å²) in [5, 5.41) is 13.9. The molecule has 4 aliphatic rings. The molecule has 252 valence electrons. The van der Waals surface area contributed by atoms with Crippen LogP contribution in [0.15, 0.2) is 133 Å². The maximum absolute atomic E-state index is 15.5. The minimum absolute atomic E-state index is 0.00240. The molecular formula is C43H33ClN2O5. The van der Waals surface area contributed by atoms with E-state index >= 15 is 9.59 Å². The van der Waals surface area contributed by atoms with E-state index in [1.165, 1.54) is 9.80 Å². The summed E-state index contributed by atoms with van der Waals surface area (Å²) in [6.07, 6.45) is 2.52. The third-order valence-corrected chi connectivity index (χ3v) is 11.9. The van der Waals surface area contributed by atoms with Gasteiger partial charge in [-0.05, 0) is 64.9 Å². The summed E-state index contributed by atoms with van der Waals surface area (Å²) >= 11 is 6.43. The number of hydrogen-bond acceptors (Lipinski definition) is 5. The molecular weight excluding hydrogens is 660 g/mol. The van der Waals surface area contributed by atoms with Gasteiger partial charge in [0.15, 0.2) is 0 Å². The molecule has 9 rings (SSSR count). The average Bonchev–Trinajstić information content (AvgIpc) is 3.53. The van der Waals surface area contributed by atoms with Gasteiger partial charge in [-0.15, -0.1) is 0 Å². The van der Waals surface area contributed by atoms with Crippen LogP contribution in [0.2, 0.25) is 5.02 Å². The molecule has 0 aromatic heterocycles. The molecule has 51 heavy (non-hydrogen) atoms. The van der Waals surface area contributed by atoms with Crippen molar-refractivity contribution in [3.63, 3.8) is 0 Å². The molecule has 2 aliphatic heterocycles. The van der Waals surface area contributed by atoms with E-state index in [4.69, 9.17) is 11.6 Å². The molecule has 0 spiro atoms. The Balaban J connectivity index is 1.29. The zero-order valence-corrected chi connectivity index (χ0v) is 28.2. The van der Waals surface area contributed by atoms with E-state index < -0.39 is 46.8 Å². The van der Waals surface area contributed by atoms with Crippen molar-refractivity contribution < 1.29 is 24.3 Å². The van der Waals surface area contributed by atoms with Crippen molar-refractivity contribution in [3.05, 3.63) is 155 Å². The number of halogens is 1. The number of aromatic hydroxyl groups is 1. The number of amides is 4. The predicted molar refractivity (Wildman–Crippen MR) is 194 cm³/mol. The Labute approximate surface area is 299 Å². The van der Waals surface area contributed by atoms with Crippen LogP contribution in [0.1, 0.15) is 35.4 Å². The van der Waals surface area contributed by atoms with Crippen molar-refractivity contribution in [2.45, 2.75) is 30.7 Å². The van der Waals surface area contributed by atoms with E-state index in [0.29, 0.717) is 28.3 Å². The van der Waals surface area contributed by atoms with Crippen LogP contribution >= 0.6 is 11.6 Å². The lowest BCUT2D eigenvalue weighted by Crippen LogP contribution is -2.53. The number of benzene rings is 5. The van der Waals surface area contributed by atoms with Crippen molar-refractivity contribution in [1.29, 1.82) is 0 Å². The van der Waals surface area contributed by atoms with Gasteiger partial charge in [-0.2, -0.15) is 0 Å². The number of nitrogens with zero attached hydrogens (tertiary/aromatic N) is 2. The van der Waals surface area contributed by atoms with E-state index in [-0.39, 0.29) is 30.5 Å². The highest BCUT2D eigenvalue weighted by Crippen LogP contribution is 2.66. The molecule has 8 heteroatoms. The second-order valence-electron chi connectivity index (χ2n) is 14.1. The van der Waals surface area contributed by atoms with Crippen LogP contribution in [0.3, 0.4) is 0 Å². The highest BCUT2D eigenvalue weighted by Gasteiger charge is 2.70. The standard InChI is InChI=1S/C43H33ClN2O5/c44-28-15-9-16-29(22-28)46-40(49)34-23-33-31(19-20-32-36(33)41(50)45(39(32)48)24-25-10-3-1-4-11-25)38(43(34,42(46)51)27-13-5-2-6-14-27)37-30-17-8-7-12-26(30)18-21-35(37)47/h1-19,21-22,32-34,36,38,47H,20,23-24H2/t32-,33+,34-,36-,38+,43+/m0/s1. The van der Waals surface area contributed by atoms with Gasteiger partial charge in [0.2, 0.25) is 23.6 Å². The lowest BCUT2D eigenvalue weighted by molar-refractivity contribution is -0.141. The normalized spacial score (nSPS) is 27.0. The van der Waals surface area contributed by atoms with Gasteiger partial charge in [-0.1, -0.05) is 120 Å². The second kappa shape index (κ2) is 11.8. The molecule has 3 fully saturated rings. The molecule has 2 heterocycles. The number of carbonyl (C=O) groups is 4. The van der Waals surface area contributed by atoms with Gasteiger partial charge in [-0.3, -0.25) is 24.1 Å². The number of rotatable bonds is 5. The van der Waals surface area contributed by atoms with E-state index in [0.717, 1.165) is 21.9 Å². The number of allylic oxidation sites excluding steroid dienone is 2. The molecule has 2 saturated heterocycles. The van der Waals surface area contributed by atoms with Crippen LogP contribution in [0.5, 0.6) is 5.75 Å². The zero-order chi connectivity index (χ0) is 35.0. The summed E-state index contributed by atoms with van der Waals surface area (Å²) in [5.41, 5.74) is 1.72. The SMILES string of the molecule is O=C1[C@H]2[C@H](CC=C3[C@H]2C[C@H]2C(=O)N(c4cccc(Cl)c4)C(=O)[C@@]2(c2ccccc2)[C@H]3c2c(O)ccc3ccccc23)C(=O)N1Cc1ccccc1. The molecule has 0 radical (unpaired) electrons. The van der Waals surface area contributed by atoms with Gasteiger partial charge in [0.05, 0.1) is 35.4 Å². The summed E-state index contributed by atoms with van der Waals surface area (Å²) in [6, 6.07) is 36.7. The predicted octanol–water partition coefficient (Wildman–Crippen LogP) is 7.56. The smallest absolute Gasteiger partial charge is 0.246 e. The molecule has 1 saturated carbocycles. The Morgan fingerprint density at radius 1 is 0.745 bits per heavy atom. The van der Waals surface area contributed by atoms with Crippen molar-refractivity contribution in [2.75, 3.05) is 4.90 Å². The number of carbonyl (C=O) groups excluding carboxylic acids is 4. The van der Waals surface area contributed by atoms with Crippen LogP contribution in [0.25, 0.3) is 10.8 Å². The Morgan fingerprint density at radius 2 is 1.47 bits per heavy atom. The third-order valence-electron chi connectivity index (χ3n) is 11.7. The number of anilines is 1. The first-order valence-corrected chi connectivity index (χ1v) is 17.7. The fourth-order valence-electron chi connectivity index (χ4n) is 9.63. The number of fused-ring (bicyclic) bond motifs is 5. The van der Waals surface area contributed by atoms with Crippen LogP contribution in [0.4, 0.5) is 5.69 Å². The molecule has 2 aliphatic carbocycles. The average molecular weight is 693 g/mol. The van der Waals surface area contributed by atoms with Crippen LogP contribution < -0.4 is 4.90 Å². The Hall–Kier alpha value is -5.53. The van der Waals surface area contributed by atoms with Crippen molar-refractivity contribution >= 4 is 51.7 Å². The molecule has 5 aromatic carbocycles. The number of imide groups is 2. The number of phenolic OH excluding ortho intramolecular Hbond substituents is 1. The molecule has 1 N–H and O–H groups in total. The largest absolute Gasteiger partial charge is 0.508 e. The number of hydrogen-bond donors (Lipinski definition) is 1. The maximum Gasteiger partial charge on any atom is 0.246 e. The lowest BCUT2D eigenvalue weighted by atomic mass is 9.48. The third kappa shape index (κ3) is 4.50. The first-order valence-electron chi connectivity index (χ1n) is 17.3. The summed E-state index contributed by atoms with van der Waals surface area (Å²) in [6.45, 7) is 0.165. The topological polar surface area (TPSA) is 95.0 Å². The quantitative estimate of drug-likeness (QED) is 0.152. The summed E-state index contributed by atoms with van der Waals surface area (Å²) in [5.74, 6) is -4.86. The second-order valence-corrected chi connectivity index (χ2v) is 14.5. The number of phenols is 1. The lowest BCUT2D eigenvalue weighted by Gasteiger charge is -2.51. The summed E-state index contributed by atoms with van der Waals surface area (Å²) in [7, 11) is 0. The van der Waals surface area contributed by atoms with Crippen molar-refractivity contribution in [1.82, 2.24) is 4.90 Å². The fraction of sp³-hybridized carbons (Fsp3) is 0.209. The first-order chi connectivity index (χ1) is 24.8. The van der Waals surface area contributed by atoms with Gasteiger partial charge in [-0.25, -0.2) is 4.90 Å². The van der Waals surface area contributed by atoms with Crippen LogP contribution in [-0.2, 0) is 31.1 Å². The van der Waals surface area contributed by atoms with Crippen LogP contribution in [-0.4, -0.2) is 33.6 Å². The molecule has 4 amide bonds. The van der Waals surface area contributed by atoms with Gasteiger partial charge in [0, 0.05) is 16.5 Å². The first kappa shape index (κ1) is 31.5. The Kier molecular flexibility index (Phi) is 7.26. The molecule has 6 atom stereocenters. The van der Waals surface area contributed by atoms with Crippen molar-refractivity contribution in [2.24, 2.45) is 23.7 Å². The highest BCUT2D eigenvalue weighted by molar-refractivity contribution is 6.32. The molecule has 0 unspecified atom stereocenters. The minimum atomic E-state index is -1.48. The monoisotopic (exact) mass is 692 g/mol. The molecule has 7 nitrogen and oxygen atoms in total. The van der Waals surface area contributed by atoms with E-state index in [1.807, 2.05) is 97.1 Å². The zero-order valence-electron chi connectivity index (χ0n) is 27.5. The van der Waals surface area contributed by atoms with E-state index in [1.54, 1.807) is 30.3 Å². The molecule has 0 bridgehead atoms. The summed E-state index contributed by atoms with van der Waals surface area (Å²) in [4.78, 5) is 61.6. The van der Waals surface area contributed by atoms with Gasteiger partial charge >= 0.3 is 0 Å². The Morgan fingerprint density at radius 3 is 2.24 bits per heavy atom. The molecule has 5 aromatic rings. The highest BCUT2D eigenvalue weighted by atomic mass is 35.5. The van der Waals surface area contributed by atoms with Gasteiger partial charge in [0.1, 0.15) is 5.75 Å². The Bertz CT molecular complexity index is 2310. The maximum atomic E-state index is 15.5. The van der Waals surface area contributed by atoms with E-state index in [2.05, 4.69) is 0 Å². The fourth-order valence-corrected chi connectivity index (χ4v) is 9.82. The number of likely N-dealkylation sites (tertiary alicyclic amines) is 1. The minimum Gasteiger partial charge on any atom is -0.508 e. The van der Waals surface area contributed by atoms with Crippen LogP contribution in [0, 0.1) is 23.7 Å². The van der Waals surface area contributed by atoms with Gasteiger partial charge < -0.3 is 5.11 Å². The summed E-state index contributed by atoms with van der Waals surface area (Å²) < 4.78 is 0.